The van der Waals surface area contributed by atoms with Gasteiger partial charge in [0.2, 0.25) is 0 Å². The monoisotopic (exact) mass is 243 g/mol. The molecule has 16 heavy (non-hydrogen) atoms. The van der Waals surface area contributed by atoms with Crippen molar-refractivity contribution in [2.24, 2.45) is 5.73 Å². The van der Waals surface area contributed by atoms with Crippen molar-refractivity contribution < 1.29 is 27.4 Å². The molecule has 7 heteroatoms. The van der Waals surface area contributed by atoms with Crippen LogP contribution in [0, 0.1) is 0 Å². The highest BCUT2D eigenvalue weighted by Crippen LogP contribution is 2.21. The van der Waals surface area contributed by atoms with Crippen molar-refractivity contribution in [1.29, 1.82) is 0 Å². The Labute approximate surface area is 91.9 Å². The van der Waals surface area contributed by atoms with Crippen LogP contribution < -0.4 is 5.73 Å². The molecule has 2 N–H and O–H groups in total. The molecule has 0 aromatic heterocycles. The molecule has 4 nitrogen and oxygen atoms in total. The minimum absolute atomic E-state index is 0.315. The van der Waals surface area contributed by atoms with Gasteiger partial charge < -0.3 is 15.2 Å². The minimum atomic E-state index is -2.96. The Hall–Kier alpha value is -0.980. The summed E-state index contributed by atoms with van der Waals surface area (Å²) in [7, 11) is 0. The Morgan fingerprint density at radius 3 is 2.38 bits per heavy atom. The van der Waals surface area contributed by atoms with E-state index in [0.717, 1.165) is 6.92 Å². The van der Waals surface area contributed by atoms with E-state index < -0.39 is 30.9 Å². The van der Waals surface area contributed by atoms with Gasteiger partial charge >= 0.3 is 6.09 Å². The highest BCUT2D eigenvalue weighted by molar-refractivity contribution is 5.64. The van der Waals surface area contributed by atoms with Crippen molar-refractivity contribution in [2.75, 3.05) is 13.3 Å². The number of carbonyl (C=O) groups is 1. The molecule has 2 atom stereocenters. The zero-order valence-electron chi connectivity index (χ0n) is 9.21. The lowest BCUT2D eigenvalue weighted by Crippen LogP contribution is -2.42. The molecule has 96 valence electrons. The van der Waals surface area contributed by atoms with Crippen LogP contribution in [0.15, 0.2) is 0 Å². The van der Waals surface area contributed by atoms with Crippen molar-refractivity contribution in [2.45, 2.75) is 38.4 Å². The standard InChI is InChI=1S/C9H16F3NO3/c1-3-6(16-8(13)14)4-15-9(2,5-10)7(11)12/h6-7H,3-5H2,1-2H3,(H2,13,14). The molecule has 0 bridgehead atoms. The number of amides is 1. The van der Waals surface area contributed by atoms with Crippen LogP contribution in [-0.2, 0) is 9.47 Å². The van der Waals surface area contributed by atoms with E-state index in [1.165, 1.54) is 0 Å². The van der Waals surface area contributed by atoms with Crippen molar-refractivity contribution in [3.63, 3.8) is 0 Å². The molecule has 0 saturated heterocycles. The highest BCUT2D eigenvalue weighted by atomic mass is 19.3. The summed E-state index contributed by atoms with van der Waals surface area (Å²) in [6.07, 6.45) is -4.38. The van der Waals surface area contributed by atoms with Gasteiger partial charge in [-0.05, 0) is 13.3 Å². The van der Waals surface area contributed by atoms with Crippen LogP contribution in [0.25, 0.3) is 0 Å². The minimum Gasteiger partial charge on any atom is -0.444 e. The van der Waals surface area contributed by atoms with Gasteiger partial charge in [0.15, 0.2) is 5.60 Å². The van der Waals surface area contributed by atoms with Crippen LogP contribution in [0.5, 0.6) is 0 Å². The molecule has 0 aromatic rings. The van der Waals surface area contributed by atoms with Crippen molar-refractivity contribution >= 4 is 6.09 Å². The number of carbonyl (C=O) groups excluding carboxylic acids is 1. The van der Waals surface area contributed by atoms with Crippen molar-refractivity contribution in [3.8, 4) is 0 Å². The molecular weight excluding hydrogens is 227 g/mol. The first kappa shape index (κ1) is 15.0. The molecule has 1 amide bonds. The lowest BCUT2D eigenvalue weighted by atomic mass is 10.1. The van der Waals surface area contributed by atoms with Gasteiger partial charge in [-0.2, -0.15) is 0 Å². The average Bonchev–Trinajstić information content (AvgIpc) is 2.22. The normalized spacial score (nSPS) is 16.9. The van der Waals surface area contributed by atoms with Gasteiger partial charge in [-0.3, -0.25) is 0 Å². The largest absolute Gasteiger partial charge is 0.444 e. The molecule has 2 unspecified atom stereocenters. The molecule has 0 aliphatic heterocycles. The smallest absolute Gasteiger partial charge is 0.404 e. The van der Waals surface area contributed by atoms with Crippen LogP contribution in [0.3, 0.4) is 0 Å². The maximum absolute atomic E-state index is 12.4. The van der Waals surface area contributed by atoms with E-state index in [9.17, 15) is 18.0 Å². The number of hydrogen-bond acceptors (Lipinski definition) is 3. The number of primary amides is 1. The van der Waals surface area contributed by atoms with E-state index in [-0.39, 0.29) is 6.61 Å². The predicted molar refractivity (Wildman–Crippen MR) is 51.1 cm³/mol. The van der Waals surface area contributed by atoms with Gasteiger partial charge in [-0.25, -0.2) is 18.0 Å². The van der Waals surface area contributed by atoms with Gasteiger partial charge in [0, 0.05) is 0 Å². The summed E-state index contributed by atoms with van der Waals surface area (Å²) in [5.74, 6) is 0. The number of rotatable bonds is 7. The van der Waals surface area contributed by atoms with E-state index in [1.807, 2.05) is 0 Å². The molecule has 0 spiro atoms. The first-order chi connectivity index (χ1) is 7.35. The topological polar surface area (TPSA) is 61.6 Å². The summed E-state index contributed by atoms with van der Waals surface area (Å²) in [6, 6.07) is 0. The van der Waals surface area contributed by atoms with Gasteiger partial charge in [0.25, 0.3) is 6.43 Å². The number of hydrogen-bond donors (Lipinski definition) is 1. The van der Waals surface area contributed by atoms with Crippen LogP contribution >= 0.6 is 0 Å². The number of halogens is 3. The first-order valence-electron chi connectivity index (χ1n) is 4.79. The number of nitrogens with two attached hydrogens (primary N) is 1. The van der Waals surface area contributed by atoms with Gasteiger partial charge in [0.05, 0.1) is 6.61 Å². The van der Waals surface area contributed by atoms with E-state index in [1.54, 1.807) is 6.92 Å². The molecule has 0 aliphatic carbocycles. The SMILES string of the molecule is CCC(COC(C)(CF)C(F)F)OC(N)=O. The summed E-state index contributed by atoms with van der Waals surface area (Å²) in [5, 5.41) is 0. The van der Waals surface area contributed by atoms with Crippen molar-refractivity contribution in [3.05, 3.63) is 0 Å². The maximum atomic E-state index is 12.4. The van der Waals surface area contributed by atoms with Gasteiger partial charge in [0.1, 0.15) is 12.8 Å². The lowest BCUT2D eigenvalue weighted by molar-refractivity contribution is -0.154. The summed E-state index contributed by atoms with van der Waals surface area (Å²) >= 11 is 0. The molecule has 0 saturated carbocycles. The molecular formula is C9H16F3NO3. The fraction of sp³-hybridized carbons (Fsp3) is 0.889. The third kappa shape index (κ3) is 4.69. The zero-order valence-corrected chi connectivity index (χ0v) is 9.21. The molecule has 0 aromatic carbocycles. The number of alkyl halides is 3. The third-order valence-corrected chi connectivity index (χ3v) is 2.06. The number of ether oxygens (including phenoxy) is 2. The van der Waals surface area contributed by atoms with Gasteiger partial charge in [-0.15, -0.1) is 0 Å². The summed E-state index contributed by atoms with van der Waals surface area (Å²) in [6.45, 7) is 0.975. The summed E-state index contributed by atoms with van der Waals surface area (Å²) in [4.78, 5) is 10.4. The van der Waals surface area contributed by atoms with E-state index in [0.29, 0.717) is 6.42 Å². The highest BCUT2D eigenvalue weighted by Gasteiger charge is 2.37. The average molecular weight is 243 g/mol. The Morgan fingerprint density at radius 2 is 2.06 bits per heavy atom. The summed E-state index contributed by atoms with van der Waals surface area (Å²) < 4.78 is 46.5. The second-order valence-corrected chi connectivity index (χ2v) is 3.53. The van der Waals surface area contributed by atoms with E-state index in [4.69, 9.17) is 10.5 Å². The predicted octanol–water partition coefficient (Wildman–Crippen LogP) is 1.87. The lowest BCUT2D eigenvalue weighted by Gasteiger charge is -2.27. The first-order valence-corrected chi connectivity index (χ1v) is 4.79. The maximum Gasteiger partial charge on any atom is 0.404 e. The van der Waals surface area contributed by atoms with Gasteiger partial charge in [-0.1, -0.05) is 6.92 Å². The quantitative estimate of drug-likeness (QED) is 0.742. The fourth-order valence-electron chi connectivity index (χ4n) is 0.843. The van der Waals surface area contributed by atoms with Crippen molar-refractivity contribution in [1.82, 2.24) is 0 Å². The Morgan fingerprint density at radius 1 is 1.50 bits per heavy atom. The van der Waals surface area contributed by atoms with E-state index in [2.05, 4.69) is 4.74 Å². The van der Waals surface area contributed by atoms with Crippen LogP contribution in [-0.4, -0.2) is 37.5 Å². The van der Waals surface area contributed by atoms with Crippen LogP contribution in [0.1, 0.15) is 20.3 Å². The van der Waals surface area contributed by atoms with E-state index >= 15 is 0 Å². The molecule has 0 rings (SSSR count). The fourth-order valence-corrected chi connectivity index (χ4v) is 0.843. The third-order valence-electron chi connectivity index (χ3n) is 2.06. The van der Waals surface area contributed by atoms with Crippen LogP contribution in [0.4, 0.5) is 18.0 Å². The second kappa shape index (κ2) is 6.57. The Kier molecular flexibility index (Phi) is 6.17. The van der Waals surface area contributed by atoms with Crippen LogP contribution in [0.2, 0.25) is 0 Å². The molecule has 0 radical (unpaired) electrons. The Balaban J connectivity index is 4.22. The zero-order chi connectivity index (χ0) is 12.8. The summed E-state index contributed by atoms with van der Waals surface area (Å²) in [5.41, 5.74) is 2.59. The molecule has 0 aliphatic rings. The Bertz CT molecular complexity index is 228. The second-order valence-electron chi connectivity index (χ2n) is 3.53. The molecule has 0 fully saturated rings. The molecule has 0 heterocycles.